The normalized spacial score (nSPS) is 31.8. The summed E-state index contributed by atoms with van der Waals surface area (Å²) in [5.74, 6) is 1.33. The summed E-state index contributed by atoms with van der Waals surface area (Å²) in [6.45, 7) is 9.11. The zero-order valence-electron chi connectivity index (χ0n) is 11.5. The van der Waals surface area contributed by atoms with Crippen molar-refractivity contribution in [1.29, 1.82) is 0 Å². The molecular formula is C14H29N3. The van der Waals surface area contributed by atoms with E-state index >= 15 is 0 Å². The summed E-state index contributed by atoms with van der Waals surface area (Å²) in [6, 6.07) is 1.61. The van der Waals surface area contributed by atoms with Gasteiger partial charge in [-0.15, -0.1) is 0 Å². The van der Waals surface area contributed by atoms with E-state index in [0.717, 1.165) is 25.2 Å². The number of piperidine rings is 1. The molecule has 17 heavy (non-hydrogen) atoms. The fourth-order valence-corrected chi connectivity index (χ4v) is 3.32. The second-order valence-corrected chi connectivity index (χ2v) is 6.20. The summed E-state index contributed by atoms with van der Waals surface area (Å²) in [4.78, 5) is 2.68. The first-order valence-electron chi connectivity index (χ1n) is 7.38. The fourth-order valence-electron chi connectivity index (χ4n) is 3.32. The molecule has 0 bridgehead atoms. The van der Waals surface area contributed by atoms with Crippen LogP contribution in [-0.2, 0) is 0 Å². The Balaban J connectivity index is 1.72. The van der Waals surface area contributed by atoms with Gasteiger partial charge in [0.25, 0.3) is 0 Å². The molecule has 0 aromatic rings. The van der Waals surface area contributed by atoms with Crippen molar-refractivity contribution in [3.8, 4) is 0 Å². The van der Waals surface area contributed by atoms with Crippen LogP contribution in [0.4, 0.5) is 0 Å². The van der Waals surface area contributed by atoms with Crippen molar-refractivity contribution >= 4 is 0 Å². The molecule has 2 saturated heterocycles. The quantitative estimate of drug-likeness (QED) is 0.763. The van der Waals surface area contributed by atoms with Gasteiger partial charge >= 0.3 is 0 Å². The minimum Gasteiger partial charge on any atom is -0.330 e. The third kappa shape index (κ3) is 3.43. The van der Waals surface area contributed by atoms with Crippen molar-refractivity contribution in [2.75, 3.05) is 26.2 Å². The Morgan fingerprint density at radius 2 is 2.12 bits per heavy atom. The standard InChI is InChI=1S/C14H29N3/c1-11(2)12(9-15)10-16-13-5-7-17-6-3-4-14(17)8-13/h11-14,16H,3-10,15H2,1-2H3. The van der Waals surface area contributed by atoms with Crippen LogP contribution < -0.4 is 11.1 Å². The van der Waals surface area contributed by atoms with Gasteiger partial charge in [0.05, 0.1) is 0 Å². The van der Waals surface area contributed by atoms with Gasteiger partial charge in [-0.2, -0.15) is 0 Å². The fraction of sp³-hybridized carbons (Fsp3) is 1.00. The topological polar surface area (TPSA) is 41.3 Å². The molecule has 0 radical (unpaired) electrons. The van der Waals surface area contributed by atoms with E-state index in [1.54, 1.807) is 0 Å². The molecule has 3 nitrogen and oxygen atoms in total. The maximum absolute atomic E-state index is 5.83. The lowest BCUT2D eigenvalue weighted by Gasteiger charge is -2.36. The van der Waals surface area contributed by atoms with Gasteiger partial charge in [-0.1, -0.05) is 13.8 Å². The molecule has 0 aromatic heterocycles. The molecule has 0 aliphatic carbocycles. The summed E-state index contributed by atoms with van der Waals surface area (Å²) >= 11 is 0. The minimum atomic E-state index is 0.636. The zero-order chi connectivity index (χ0) is 12.3. The number of nitrogens with zero attached hydrogens (tertiary/aromatic N) is 1. The van der Waals surface area contributed by atoms with Crippen molar-refractivity contribution in [3.63, 3.8) is 0 Å². The van der Waals surface area contributed by atoms with Crippen molar-refractivity contribution in [2.24, 2.45) is 17.6 Å². The van der Waals surface area contributed by atoms with E-state index in [9.17, 15) is 0 Å². The van der Waals surface area contributed by atoms with Gasteiger partial charge in [-0.3, -0.25) is 0 Å². The molecule has 0 amide bonds. The molecule has 2 fully saturated rings. The second-order valence-electron chi connectivity index (χ2n) is 6.20. The Labute approximate surface area is 106 Å². The molecule has 2 aliphatic rings. The molecule has 0 saturated carbocycles. The highest BCUT2D eigenvalue weighted by atomic mass is 15.2. The number of nitrogens with two attached hydrogens (primary N) is 1. The van der Waals surface area contributed by atoms with E-state index < -0.39 is 0 Å². The molecule has 3 atom stereocenters. The number of fused-ring (bicyclic) bond motifs is 1. The molecule has 2 rings (SSSR count). The number of nitrogens with one attached hydrogen (secondary N) is 1. The molecule has 3 heteroatoms. The molecule has 0 spiro atoms. The van der Waals surface area contributed by atoms with Crippen LogP contribution in [0.1, 0.15) is 39.5 Å². The first kappa shape index (κ1) is 13.3. The Hall–Kier alpha value is -0.120. The molecule has 2 heterocycles. The summed E-state index contributed by atoms with van der Waals surface area (Å²) in [5, 5.41) is 3.76. The lowest BCUT2D eigenvalue weighted by Crippen LogP contribution is -2.47. The lowest BCUT2D eigenvalue weighted by atomic mass is 9.93. The number of hydrogen-bond acceptors (Lipinski definition) is 3. The predicted molar refractivity (Wildman–Crippen MR) is 73.0 cm³/mol. The van der Waals surface area contributed by atoms with Crippen LogP contribution in [0, 0.1) is 11.8 Å². The van der Waals surface area contributed by atoms with Crippen molar-refractivity contribution < 1.29 is 0 Å². The predicted octanol–water partition coefficient (Wildman–Crippen LogP) is 1.43. The van der Waals surface area contributed by atoms with E-state index in [1.165, 1.54) is 38.8 Å². The van der Waals surface area contributed by atoms with E-state index in [2.05, 4.69) is 24.1 Å². The maximum Gasteiger partial charge on any atom is 0.0111 e. The molecule has 3 N–H and O–H groups in total. The van der Waals surface area contributed by atoms with E-state index in [0.29, 0.717) is 11.8 Å². The molecule has 0 aromatic carbocycles. The lowest BCUT2D eigenvalue weighted by molar-refractivity contribution is 0.162. The van der Waals surface area contributed by atoms with Crippen LogP contribution in [-0.4, -0.2) is 43.2 Å². The monoisotopic (exact) mass is 239 g/mol. The van der Waals surface area contributed by atoms with Gasteiger partial charge in [0.2, 0.25) is 0 Å². The van der Waals surface area contributed by atoms with Crippen LogP contribution in [0.2, 0.25) is 0 Å². The van der Waals surface area contributed by atoms with Crippen LogP contribution in [0.25, 0.3) is 0 Å². The smallest absolute Gasteiger partial charge is 0.0111 e. The van der Waals surface area contributed by atoms with Gasteiger partial charge in [-0.05, 0) is 63.7 Å². The Kier molecular flexibility index (Phi) is 4.83. The Morgan fingerprint density at radius 3 is 2.82 bits per heavy atom. The first-order valence-corrected chi connectivity index (χ1v) is 7.38. The van der Waals surface area contributed by atoms with Crippen LogP contribution >= 0.6 is 0 Å². The highest BCUT2D eigenvalue weighted by Gasteiger charge is 2.31. The third-order valence-electron chi connectivity index (χ3n) is 4.73. The van der Waals surface area contributed by atoms with E-state index in [-0.39, 0.29) is 0 Å². The van der Waals surface area contributed by atoms with Crippen LogP contribution in [0.15, 0.2) is 0 Å². The summed E-state index contributed by atoms with van der Waals surface area (Å²) in [6.07, 6.45) is 5.51. The summed E-state index contributed by atoms with van der Waals surface area (Å²) in [5.41, 5.74) is 5.83. The third-order valence-corrected chi connectivity index (χ3v) is 4.73. The molecule has 3 unspecified atom stereocenters. The van der Waals surface area contributed by atoms with Gasteiger partial charge in [0.15, 0.2) is 0 Å². The molecule has 2 aliphatic heterocycles. The van der Waals surface area contributed by atoms with Crippen molar-refractivity contribution in [2.45, 2.75) is 51.6 Å². The van der Waals surface area contributed by atoms with Gasteiger partial charge in [-0.25, -0.2) is 0 Å². The van der Waals surface area contributed by atoms with Crippen LogP contribution in [0.3, 0.4) is 0 Å². The van der Waals surface area contributed by atoms with Crippen molar-refractivity contribution in [3.05, 3.63) is 0 Å². The van der Waals surface area contributed by atoms with E-state index in [1.807, 2.05) is 0 Å². The number of hydrogen-bond donors (Lipinski definition) is 2. The minimum absolute atomic E-state index is 0.636. The highest BCUT2D eigenvalue weighted by Crippen LogP contribution is 2.26. The zero-order valence-corrected chi connectivity index (χ0v) is 11.5. The summed E-state index contributed by atoms with van der Waals surface area (Å²) in [7, 11) is 0. The average molecular weight is 239 g/mol. The van der Waals surface area contributed by atoms with Gasteiger partial charge < -0.3 is 16.0 Å². The van der Waals surface area contributed by atoms with Gasteiger partial charge in [0.1, 0.15) is 0 Å². The second kappa shape index (κ2) is 6.17. The first-order chi connectivity index (χ1) is 8.20. The Bertz CT molecular complexity index is 230. The number of rotatable bonds is 5. The van der Waals surface area contributed by atoms with E-state index in [4.69, 9.17) is 5.73 Å². The van der Waals surface area contributed by atoms with Crippen molar-refractivity contribution in [1.82, 2.24) is 10.2 Å². The molecule has 100 valence electrons. The maximum atomic E-state index is 5.83. The SMILES string of the molecule is CC(C)C(CN)CNC1CCN2CCCC2C1. The van der Waals surface area contributed by atoms with Gasteiger partial charge in [0, 0.05) is 12.1 Å². The summed E-state index contributed by atoms with van der Waals surface area (Å²) < 4.78 is 0. The largest absolute Gasteiger partial charge is 0.330 e. The highest BCUT2D eigenvalue weighted by molar-refractivity contribution is 4.89. The molecular weight excluding hydrogens is 210 g/mol. The van der Waals surface area contributed by atoms with Crippen LogP contribution in [0.5, 0.6) is 0 Å². The Morgan fingerprint density at radius 1 is 1.29 bits per heavy atom. The average Bonchev–Trinajstić information content (AvgIpc) is 2.76.